The number of aromatic nitrogens is 1. The van der Waals surface area contributed by atoms with Gasteiger partial charge in [-0.25, -0.2) is 0 Å². The summed E-state index contributed by atoms with van der Waals surface area (Å²) in [6, 6.07) is 3.70. The van der Waals surface area contributed by atoms with Crippen LogP contribution in [0.1, 0.15) is 24.2 Å². The second-order valence-electron chi connectivity index (χ2n) is 8.50. The van der Waals surface area contributed by atoms with E-state index in [1.165, 1.54) is 0 Å². The first-order valence-electron chi connectivity index (χ1n) is 11.5. The maximum Gasteiger partial charge on any atom is 0.317 e. The fraction of sp³-hybridized carbons (Fsp3) is 0.609. The molecule has 2 rings (SSSR count). The highest BCUT2D eigenvalue weighted by Gasteiger charge is 2.17. The third-order valence-electron chi connectivity index (χ3n) is 5.27. The molecule has 190 valence electrons. The maximum atomic E-state index is 11.4. The number of fused-ring (bicyclic) bond motifs is 2. The van der Waals surface area contributed by atoms with Crippen molar-refractivity contribution in [2.45, 2.75) is 25.9 Å². The molecule has 0 fully saturated rings. The number of carboxylic acids is 1. The van der Waals surface area contributed by atoms with E-state index in [2.05, 4.69) is 21.7 Å². The van der Waals surface area contributed by atoms with E-state index in [9.17, 15) is 19.8 Å². The average Bonchev–Trinajstić information content (AvgIpc) is 2.74. The number of likely N-dealkylation sites (N-methyl/N-ethyl adjacent to an activating group) is 1. The molecule has 11 heteroatoms. The number of aliphatic hydroxyl groups is 2. The van der Waals surface area contributed by atoms with E-state index in [1.807, 2.05) is 24.1 Å². The maximum absolute atomic E-state index is 11.4. The van der Waals surface area contributed by atoms with E-state index in [-0.39, 0.29) is 31.2 Å². The first-order valence-corrected chi connectivity index (χ1v) is 11.5. The number of aliphatic hydroxyl groups excluding tert-OH is 2. The number of rotatable bonds is 11. The van der Waals surface area contributed by atoms with Gasteiger partial charge in [-0.1, -0.05) is 6.58 Å². The van der Waals surface area contributed by atoms with Crippen LogP contribution < -0.4 is 10.1 Å². The summed E-state index contributed by atoms with van der Waals surface area (Å²) in [5, 5.41) is 30.5. The normalized spacial score (nSPS) is 16.3. The molecule has 1 aromatic rings. The first kappa shape index (κ1) is 27.5. The molecule has 34 heavy (non-hydrogen) atoms. The largest absolute Gasteiger partial charge is 0.512 e. The summed E-state index contributed by atoms with van der Waals surface area (Å²) < 4.78 is 5.90. The number of aliphatic carboxylic acids is 1. The van der Waals surface area contributed by atoms with Crippen LogP contribution in [0.4, 0.5) is 0 Å². The van der Waals surface area contributed by atoms with Crippen LogP contribution >= 0.6 is 0 Å². The number of carboxylic acid groups (broad SMARTS) is 1. The minimum atomic E-state index is -0.916. The molecule has 2 heterocycles. The summed E-state index contributed by atoms with van der Waals surface area (Å²) in [7, 11) is 2.00. The topological polar surface area (TPSA) is 139 Å². The fourth-order valence-corrected chi connectivity index (χ4v) is 3.66. The van der Waals surface area contributed by atoms with Gasteiger partial charge in [0, 0.05) is 64.4 Å². The van der Waals surface area contributed by atoms with Crippen molar-refractivity contribution in [1.82, 2.24) is 25.0 Å². The number of carbonyl (C=O) groups excluding carboxylic acids is 1. The molecule has 0 aliphatic carbocycles. The lowest BCUT2D eigenvalue weighted by atomic mass is 10.2. The molecule has 2 bridgehead atoms. The Morgan fingerprint density at radius 2 is 1.76 bits per heavy atom. The van der Waals surface area contributed by atoms with Gasteiger partial charge in [0.1, 0.15) is 5.75 Å². The molecule has 0 radical (unpaired) electrons. The quantitative estimate of drug-likeness (QED) is 0.254. The zero-order valence-electron chi connectivity index (χ0n) is 19.9. The number of hydrogen-bond donors (Lipinski definition) is 4. The fourth-order valence-electron chi connectivity index (χ4n) is 3.66. The standard InChI is InChI=1S/C23H37N5O6/c1-18(30)14-27-7-6-26(2)15-19-12-21(34-11-3-5-24-22(31)4-10-29)13-20(25-19)16-28(9-8-27)17-23(32)33/h12-13,29-30H,1,3-11,14-17H2,2H3,(H,24,31)(H,32,33). The highest BCUT2D eigenvalue weighted by atomic mass is 16.5. The van der Waals surface area contributed by atoms with Crippen molar-refractivity contribution in [3.05, 3.63) is 35.9 Å². The van der Waals surface area contributed by atoms with Crippen LogP contribution in [0.5, 0.6) is 5.75 Å². The van der Waals surface area contributed by atoms with Gasteiger partial charge in [0.15, 0.2) is 0 Å². The lowest BCUT2D eigenvalue weighted by molar-refractivity contribution is -0.138. The Morgan fingerprint density at radius 1 is 1.09 bits per heavy atom. The third-order valence-corrected chi connectivity index (χ3v) is 5.27. The smallest absolute Gasteiger partial charge is 0.317 e. The van der Waals surface area contributed by atoms with E-state index in [0.717, 1.165) is 17.9 Å². The van der Waals surface area contributed by atoms with Crippen LogP contribution in [-0.4, -0.2) is 113 Å². The van der Waals surface area contributed by atoms with E-state index in [0.29, 0.717) is 64.6 Å². The van der Waals surface area contributed by atoms with E-state index in [1.54, 1.807) is 0 Å². The van der Waals surface area contributed by atoms with Crippen molar-refractivity contribution in [2.75, 3.05) is 66.1 Å². The molecule has 0 unspecified atom stereocenters. The highest BCUT2D eigenvalue weighted by Crippen LogP contribution is 2.18. The Hall–Kier alpha value is -2.73. The molecule has 1 aromatic heterocycles. The van der Waals surface area contributed by atoms with Gasteiger partial charge in [-0.2, -0.15) is 0 Å². The Kier molecular flexibility index (Phi) is 11.7. The zero-order valence-corrected chi connectivity index (χ0v) is 19.9. The molecule has 0 atom stereocenters. The SMILES string of the molecule is C=C(O)CN1CCN(C)Cc2cc(OCCCNC(=O)CCO)cc(n2)CN(CC(=O)O)CC1. The van der Waals surface area contributed by atoms with Gasteiger partial charge in [0.05, 0.1) is 43.5 Å². The van der Waals surface area contributed by atoms with Gasteiger partial charge < -0.3 is 25.4 Å². The molecular formula is C23H37N5O6. The van der Waals surface area contributed by atoms with Crippen molar-refractivity contribution in [3.8, 4) is 5.75 Å². The van der Waals surface area contributed by atoms with Gasteiger partial charge in [-0.15, -0.1) is 0 Å². The molecule has 4 N–H and O–H groups in total. The van der Waals surface area contributed by atoms with Crippen molar-refractivity contribution >= 4 is 11.9 Å². The summed E-state index contributed by atoms with van der Waals surface area (Å²) in [6.07, 6.45) is 0.700. The van der Waals surface area contributed by atoms with E-state index < -0.39 is 5.97 Å². The molecule has 0 saturated carbocycles. The molecule has 1 aliphatic heterocycles. The molecule has 1 amide bonds. The second-order valence-corrected chi connectivity index (χ2v) is 8.50. The number of carbonyl (C=O) groups is 2. The van der Waals surface area contributed by atoms with Crippen molar-refractivity contribution in [2.24, 2.45) is 0 Å². The summed E-state index contributed by atoms with van der Waals surface area (Å²) in [5.74, 6) is -0.372. The summed E-state index contributed by atoms with van der Waals surface area (Å²) in [5.41, 5.74) is 1.54. The third kappa shape index (κ3) is 10.9. The van der Waals surface area contributed by atoms with Gasteiger partial charge in [-0.3, -0.25) is 29.3 Å². The van der Waals surface area contributed by atoms with Gasteiger partial charge in [0.25, 0.3) is 0 Å². The number of amides is 1. The number of nitrogens with zero attached hydrogens (tertiary/aromatic N) is 4. The molecule has 0 aromatic carbocycles. The monoisotopic (exact) mass is 479 g/mol. The number of hydrogen-bond acceptors (Lipinski definition) is 9. The predicted octanol–water partition coefficient (Wildman–Crippen LogP) is 0.0548. The van der Waals surface area contributed by atoms with Gasteiger partial charge in [-0.05, 0) is 13.5 Å². The van der Waals surface area contributed by atoms with Gasteiger partial charge >= 0.3 is 5.97 Å². The number of nitrogens with one attached hydrogen (secondary N) is 1. The van der Waals surface area contributed by atoms with Crippen LogP contribution in [0.25, 0.3) is 0 Å². The van der Waals surface area contributed by atoms with Crippen LogP contribution in [-0.2, 0) is 22.7 Å². The van der Waals surface area contributed by atoms with Crippen molar-refractivity contribution < 1.29 is 29.6 Å². The minimum absolute atomic E-state index is 0.0844. The van der Waals surface area contributed by atoms with Crippen LogP contribution in [0, 0.1) is 0 Å². The van der Waals surface area contributed by atoms with E-state index in [4.69, 9.17) is 14.8 Å². The average molecular weight is 480 g/mol. The van der Waals surface area contributed by atoms with Crippen LogP contribution in [0.2, 0.25) is 0 Å². The van der Waals surface area contributed by atoms with E-state index >= 15 is 0 Å². The Labute approximate surface area is 200 Å². The Morgan fingerprint density at radius 3 is 2.44 bits per heavy atom. The van der Waals surface area contributed by atoms with Crippen molar-refractivity contribution in [3.63, 3.8) is 0 Å². The molecule has 0 spiro atoms. The Balaban J connectivity index is 2.09. The predicted molar refractivity (Wildman–Crippen MR) is 127 cm³/mol. The minimum Gasteiger partial charge on any atom is -0.512 e. The molecule has 0 saturated heterocycles. The first-order chi connectivity index (χ1) is 16.2. The van der Waals surface area contributed by atoms with Crippen molar-refractivity contribution in [1.29, 1.82) is 0 Å². The Bertz CT molecular complexity index is 821. The summed E-state index contributed by atoms with van der Waals surface area (Å²) in [6.45, 7) is 7.95. The lowest BCUT2D eigenvalue weighted by Gasteiger charge is -2.29. The zero-order chi connectivity index (χ0) is 24.9. The second kappa shape index (κ2) is 14.5. The summed E-state index contributed by atoms with van der Waals surface area (Å²) in [4.78, 5) is 33.6. The van der Waals surface area contributed by atoms with Crippen LogP contribution in [0.15, 0.2) is 24.5 Å². The lowest BCUT2D eigenvalue weighted by Crippen LogP contribution is -2.41. The molecule has 1 aliphatic rings. The summed E-state index contributed by atoms with van der Waals surface area (Å²) >= 11 is 0. The highest BCUT2D eigenvalue weighted by molar-refractivity contribution is 5.75. The van der Waals surface area contributed by atoms with Crippen LogP contribution in [0.3, 0.4) is 0 Å². The van der Waals surface area contributed by atoms with Gasteiger partial charge in [0.2, 0.25) is 5.91 Å². The number of pyridine rings is 1. The molecular weight excluding hydrogens is 442 g/mol. The molecule has 11 nitrogen and oxygen atoms in total. The number of ether oxygens (including phenoxy) is 1.